The van der Waals surface area contributed by atoms with Crippen molar-refractivity contribution in [3.05, 3.63) is 70.0 Å². The molecule has 8 nitrogen and oxygen atoms in total. The average Bonchev–Trinajstić information content (AvgIpc) is 2.70. The first-order valence-corrected chi connectivity index (χ1v) is 9.99. The molecule has 1 saturated heterocycles. The van der Waals surface area contributed by atoms with Crippen molar-refractivity contribution in [2.45, 2.75) is 11.3 Å². The largest absolute Gasteiger partial charge is 0.340 e. The number of nitro benzene ring substituents is 1. The second kappa shape index (κ2) is 8.03. The van der Waals surface area contributed by atoms with E-state index in [1.165, 1.54) is 39.5 Å². The van der Waals surface area contributed by atoms with Gasteiger partial charge in [0.05, 0.1) is 16.2 Å². The van der Waals surface area contributed by atoms with E-state index in [0.717, 1.165) is 6.07 Å². The SMILES string of the molecule is O=C(Cc1ccccc1F)N1CCN(S(=O)(=O)c2cccc([N+](=O)[O-])c2)CC1. The van der Waals surface area contributed by atoms with Gasteiger partial charge in [0, 0.05) is 38.3 Å². The number of benzene rings is 2. The van der Waals surface area contributed by atoms with Crippen molar-refractivity contribution in [2.75, 3.05) is 26.2 Å². The summed E-state index contributed by atoms with van der Waals surface area (Å²) in [5.74, 6) is -0.736. The lowest BCUT2D eigenvalue weighted by Crippen LogP contribution is -2.50. The van der Waals surface area contributed by atoms with Gasteiger partial charge in [0.25, 0.3) is 5.69 Å². The van der Waals surface area contributed by atoms with Gasteiger partial charge in [-0.05, 0) is 17.7 Å². The van der Waals surface area contributed by atoms with E-state index >= 15 is 0 Å². The van der Waals surface area contributed by atoms with Crippen molar-refractivity contribution in [3.63, 3.8) is 0 Å². The first-order chi connectivity index (χ1) is 13.3. The number of hydrogen-bond donors (Lipinski definition) is 0. The van der Waals surface area contributed by atoms with Crippen molar-refractivity contribution < 1.29 is 22.5 Å². The van der Waals surface area contributed by atoms with Crippen LogP contribution < -0.4 is 0 Å². The summed E-state index contributed by atoms with van der Waals surface area (Å²) < 4.78 is 40.3. The second-order valence-electron chi connectivity index (χ2n) is 6.31. The first-order valence-electron chi connectivity index (χ1n) is 8.55. The third kappa shape index (κ3) is 4.18. The van der Waals surface area contributed by atoms with Crippen LogP contribution in [-0.4, -0.2) is 54.6 Å². The summed E-state index contributed by atoms with van der Waals surface area (Å²) in [6.07, 6.45) is -0.0930. The Morgan fingerprint density at radius 1 is 1.07 bits per heavy atom. The van der Waals surface area contributed by atoms with Gasteiger partial charge in [-0.3, -0.25) is 14.9 Å². The maximum atomic E-state index is 13.7. The third-order valence-corrected chi connectivity index (χ3v) is 6.45. The van der Waals surface area contributed by atoms with Gasteiger partial charge in [-0.15, -0.1) is 0 Å². The standard InChI is InChI=1S/C18H18FN3O5S/c19-17-7-2-1-4-14(17)12-18(23)20-8-10-21(11-9-20)28(26,27)16-6-3-5-15(13-16)22(24)25/h1-7,13H,8-12H2. The molecule has 0 aromatic heterocycles. The topological polar surface area (TPSA) is 101 Å². The maximum Gasteiger partial charge on any atom is 0.270 e. The molecule has 0 atom stereocenters. The molecule has 1 heterocycles. The summed E-state index contributed by atoms with van der Waals surface area (Å²) >= 11 is 0. The van der Waals surface area contributed by atoms with Crippen molar-refractivity contribution in [3.8, 4) is 0 Å². The van der Waals surface area contributed by atoms with Crippen LogP contribution in [0, 0.1) is 15.9 Å². The van der Waals surface area contributed by atoms with Crippen LogP contribution in [0.3, 0.4) is 0 Å². The fraction of sp³-hybridized carbons (Fsp3) is 0.278. The van der Waals surface area contributed by atoms with Crippen molar-refractivity contribution >= 4 is 21.6 Å². The van der Waals surface area contributed by atoms with Gasteiger partial charge in [-0.1, -0.05) is 24.3 Å². The number of rotatable bonds is 5. The average molecular weight is 407 g/mol. The summed E-state index contributed by atoms with van der Waals surface area (Å²) in [5.41, 5.74) is -0.0149. The smallest absolute Gasteiger partial charge is 0.270 e. The first kappa shape index (κ1) is 19.9. The van der Waals surface area contributed by atoms with Gasteiger partial charge in [0.1, 0.15) is 5.82 Å². The molecule has 0 spiro atoms. The van der Waals surface area contributed by atoms with Crippen molar-refractivity contribution in [2.24, 2.45) is 0 Å². The molecule has 2 aromatic rings. The maximum absolute atomic E-state index is 13.7. The van der Waals surface area contributed by atoms with Crippen LogP contribution >= 0.6 is 0 Å². The third-order valence-electron chi connectivity index (χ3n) is 4.56. The zero-order valence-electron chi connectivity index (χ0n) is 14.8. The highest BCUT2D eigenvalue weighted by molar-refractivity contribution is 7.89. The number of nitro groups is 1. The number of hydrogen-bond acceptors (Lipinski definition) is 5. The van der Waals surface area contributed by atoms with Crippen molar-refractivity contribution in [1.82, 2.24) is 9.21 Å². The molecule has 1 fully saturated rings. The summed E-state index contributed by atoms with van der Waals surface area (Å²) in [6, 6.07) is 10.9. The molecule has 148 valence electrons. The van der Waals surface area contributed by atoms with Crippen molar-refractivity contribution in [1.29, 1.82) is 0 Å². The van der Waals surface area contributed by atoms with Gasteiger partial charge in [-0.25, -0.2) is 12.8 Å². The van der Waals surface area contributed by atoms with Gasteiger partial charge in [0.2, 0.25) is 15.9 Å². The minimum atomic E-state index is -3.90. The zero-order chi connectivity index (χ0) is 20.3. The number of piperazine rings is 1. The molecular weight excluding hydrogens is 389 g/mol. The molecule has 3 rings (SSSR count). The number of carbonyl (C=O) groups is 1. The van der Waals surface area contributed by atoms with E-state index in [4.69, 9.17) is 0 Å². The van der Waals surface area contributed by atoms with E-state index < -0.39 is 20.8 Å². The Kier molecular flexibility index (Phi) is 5.71. The van der Waals surface area contributed by atoms with Crippen LogP contribution in [0.2, 0.25) is 0 Å². The zero-order valence-corrected chi connectivity index (χ0v) is 15.6. The quantitative estimate of drug-likeness (QED) is 0.556. The number of nitrogens with zero attached hydrogens (tertiary/aromatic N) is 3. The van der Waals surface area contributed by atoms with E-state index in [9.17, 15) is 27.7 Å². The lowest BCUT2D eigenvalue weighted by molar-refractivity contribution is -0.385. The highest BCUT2D eigenvalue weighted by atomic mass is 32.2. The monoisotopic (exact) mass is 407 g/mol. The van der Waals surface area contributed by atoms with E-state index in [-0.39, 0.29) is 49.1 Å². The van der Waals surface area contributed by atoms with Crippen LogP contribution in [0.5, 0.6) is 0 Å². The summed E-state index contributed by atoms with van der Waals surface area (Å²) in [6.45, 7) is 0.463. The normalized spacial score (nSPS) is 15.4. The van der Waals surface area contributed by atoms with Gasteiger partial charge in [-0.2, -0.15) is 4.31 Å². The van der Waals surface area contributed by atoms with Gasteiger partial charge in [0.15, 0.2) is 0 Å². The molecule has 1 aliphatic rings. The summed E-state index contributed by atoms with van der Waals surface area (Å²) in [7, 11) is -3.90. The molecule has 1 amide bonds. The Bertz CT molecular complexity index is 1000. The number of halogens is 1. The highest BCUT2D eigenvalue weighted by Crippen LogP contribution is 2.22. The predicted molar refractivity (Wildman–Crippen MR) is 98.5 cm³/mol. The Labute approximate surface area is 161 Å². The molecule has 2 aromatic carbocycles. The molecule has 0 aliphatic carbocycles. The number of carbonyl (C=O) groups excluding carboxylic acids is 1. The number of non-ortho nitro benzene ring substituents is 1. The Morgan fingerprint density at radius 3 is 2.39 bits per heavy atom. The van der Waals surface area contributed by atoms with Crippen LogP contribution in [0.1, 0.15) is 5.56 Å². The predicted octanol–water partition coefficient (Wildman–Crippen LogP) is 1.81. The molecule has 0 saturated carbocycles. The lowest BCUT2D eigenvalue weighted by Gasteiger charge is -2.34. The highest BCUT2D eigenvalue weighted by Gasteiger charge is 2.31. The molecule has 0 N–H and O–H groups in total. The Morgan fingerprint density at radius 2 is 1.75 bits per heavy atom. The fourth-order valence-corrected chi connectivity index (χ4v) is 4.46. The van der Waals surface area contributed by atoms with Crippen LogP contribution in [0.4, 0.5) is 10.1 Å². The summed E-state index contributed by atoms with van der Waals surface area (Å²) in [5, 5.41) is 10.9. The van der Waals surface area contributed by atoms with E-state index in [1.54, 1.807) is 12.1 Å². The van der Waals surface area contributed by atoms with Gasteiger partial charge < -0.3 is 4.90 Å². The van der Waals surface area contributed by atoms with Crippen LogP contribution in [0.15, 0.2) is 53.4 Å². The molecule has 10 heteroatoms. The Balaban J connectivity index is 1.66. The molecule has 0 unspecified atom stereocenters. The van der Waals surface area contributed by atoms with Crippen LogP contribution in [0.25, 0.3) is 0 Å². The lowest BCUT2D eigenvalue weighted by atomic mass is 10.1. The Hall–Kier alpha value is -2.85. The molecule has 1 aliphatic heterocycles. The molecule has 0 bridgehead atoms. The molecular formula is C18H18FN3O5S. The fourth-order valence-electron chi connectivity index (χ4n) is 3.00. The van der Waals surface area contributed by atoms with Crippen LogP contribution in [-0.2, 0) is 21.2 Å². The van der Waals surface area contributed by atoms with E-state index in [2.05, 4.69) is 0 Å². The second-order valence-corrected chi connectivity index (χ2v) is 8.25. The minimum Gasteiger partial charge on any atom is -0.340 e. The summed E-state index contributed by atoms with van der Waals surface area (Å²) in [4.78, 5) is 23.9. The van der Waals surface area contributed by atoms with E-state index in [0.29, 0.717) is 5.56 Å². The number of amides is 1. The molecule has 0 radical (unpaired) electrons. The van der Waals surface area contributed by atoms with Gasteiger partial charge >= 0.3 is 0 Å². The minimum absolute atomic E-state index is 0.0635. The van der Waals surface area contributed by atoms with E-state index in [1.807, 2.05) is 0 Å². The number of sulfonamides is 1. The molecule has 28 heavy (non-hydrogen) atoms.